The molecule has 1 aromatic carbocycles. The highest BCUT2D eigenvalue weighted by Gasteiger charge is 2.21. The van der Waals surface area contributed by atoms with Crippen molar-refractivity contribution in [1.82, 2.24) is 10.6 Å². The van der Waals surface area contributed by atoms with Gasteiger partial charge in [0.1, 0.15) is 0 Å². The van der Waals surface area contributed by atoms with Crippen LogP contribution in [0, 0.1) is 0 Å². The molecule has 2 amide bonds. The number of nitrogens with one attached hydrogen (secondary N) is 2. The minimum atomic E-state index is 0.0296. The monoisotopic (exact) mass is 275 g/mol. The van der Waals surface area contributed by atoms with Crippen LogP contribution in [0.1, 0.15) is 24.8 Å². The SMILES string of the molecule is CNCCC(=O)NCc1cccc(N2CCCC2=O)c1. The number of nitrogens with zero attached hydrogens (tertiary/aromatic N) is 1. The van der Waals surface area contributed by atoms with Crippen LogP contribution < -0.4 is 15.5 Å². The summed E-state index contributed by atoms with van der Waals surface area (Å²) >= 11 is 0. The van der Waals surface area contributed by atoms with Gasteiger partial charge in [-0.3, -0.25) is 9.59 Å². The first kappa shape index (κ1) is 14.5. The summed E-state index contributed by atoms with van der Waals surface area (Å²) in [5, 5.41) is 5.82. The van der Waals surface area contributed by atoms with Gasteiger partial charge in [0, 0.05) is 38.2 Å². The summed E-state index contributed by atoms with van der Waals surface area (Å²) in [6.45, 7) is 1.96. The summed E-state index contributed by atoms with van der Waals surface area (Å²) in [6, 6.07) is 7.80. The fraction of sp³-hybridized carbons (Fsp3) is 0.467. The van der Waals surface area contributed by atoms with Crippen molar-refractivity contribution in [3.8, 4) is 0 Å². The number of anilines is 1. The van der Waals surface area contributed by atoms with E-state index in [1.165, 1.54) is 0 Å². The maximum absolute atomic E-state index is 11.7. The lowest BCUT2D eigenvalue weighted by atomic mass is 10.2. The molecule has 108 valence electrons. The average molecular weight is 275 g/mol. The van der Waals surface area contributed by atoms with Crippen LogP contribution in [0.3, 0.4) is 0 Å². The van der Waals surface area contributed by atoms with Crippen molar-refractivity contribution in [2.75, 3.05) is 25.0 Å². The van der Waals surface area contributed by atoms with E-state index < -0.39 is 0 Å². The molecule has 1 saturated heterocycles. The Kier molecular flexibility index (Phi) is 5.12. The molecule has 0 spiro atoms. The maximum atomic E-state index is 11.7. The lowest BCUT2D eigenvalue weighted by Gasteiger charge is -2.16. The first-order chi connectivity index (χ1) is 9.70. The average Bonchev–Trinajstić information content (AvgIpc) is 2.89. The molecule has 1 aromatic rings. The van der Waals surface area contributed by atoms with Gasteiger partial charge in [-0.05, 0) is 31.2 Å². The second kappa shape index (κ2) is 7.05. The third-order valence-electron chi connectivity index (χ3n) is 3.39. The summed E-state index contributed by atoms with van der Waals surface area (Å²) in [6.07, 6.45) is 2.02. The van der Waals surface area contributed by atoms with Crippen molar-refractivity contribution in [2.24, 2.45) is 0 Å². The number of rotatable bonds is 6. The molecule has 0 radical (unpaired) electrons. The predicted octanol–water partition coefficient (Wildman–Crippen LogP) is 1.04. The smallest absolute Gasteiger partial charge is 0.227 e. The highest BCUT2D eigenvalue weighted by molar-refractivity contribution is 5.95. The summed E-state index contributed by atoms with van der Waals surface area (Å²) in [5.41, 5.74) is 1.94. The summed E-state index contributed by atoms with van der Waals surface area (Å²) in [5.74, 6) is 0.210. The standard InChI is InChI=1S/C15H21N3O2/c1-16-8-7-14(19)17-11-12-4-2-5-13(10-12)18-9-3-6-15(18)20/h2,4-5,10,16H,3,6-9,11H2,1H3,(H,17,19). The van der Waals surface area contributed by atoms with Gasteiger partial charge in [-0.15, -0.1) is 0 Å². The van der Waals surface area contributed by atoms with Crippen LogP contribution in [-0.4, -0.2) is 32.0 Å². The van der Waals surface area contributed by atoms with Crippen molar-refractivity contribution in [2.45, 2.75) is 25.8 Å². The van der Waals surface area contributed by atoms with E-state index in [9.17, 15) is 9.59 Å². The Bertz CT molecular complexity index is 488. The fourth-order valence-corrected chi connectivity index (χ4v) is 2.28. The number of amides is 2. The fourth-order valence-electron chi connectivity index (χ4n) is 2.28. The van der Waals surface area contributed by atoms with E-state index in [4.69, 9.17) is 0 Å². The Morgan fingerprint density at radius 1 is 1.40 bits per heavy atom. The van der Waals surface area contributed by atoms with Gasteiger partial charge in [0.25, 0.3) is 0 Å². The Labute approximate surface area is 119 Å². The molecule has 0 bridgehead atoms. The molecule has 5 nitrogen and oxygen atoms in total. The highest BCUT2D eigenvalue weighted by atomic mass is 16.2. The first-order valence-electron chi connectivity index (χ1n) is 7.01. The Morgan fingerprint density at radius 3 is 2.95 bits per heavy atom. The van der Waals surface area contributed by atoms with E-state index in [2.05, 4.69) is 10.6 Å². The van der Waals surface area contributed by atoms with Crippen molar-refractivity contribution in [1.29, 1.82) is 0 Å². The molecule has 5 heteroatoms. The van der Waals surface area contributed by atoms with Gasteiger partial charge in [-0.1, -0.05) is 12.1 Å². The van der Waals surface area contributed by atoms with E-state index in [1.807, 2.05) is 36.2 Å². The molecular weight excluding hydrogens is 254 g/mol. The molecule has 0 atom stereocenters. The molecule has 2 N–H and O–H groups in total. The van der Waals surface area contributed by atoms with Gasteiger partial charge in [0.2, 0.25) is 11.8 Å². The zero-order valence-electron chi connectivity index (χ0n) is 11.8. The van der Waals surface area contributed by atoms with Crippen molar-refractivity contribution >= 4 is 17.5 Å². The van der Waals surface area contributed by atoms with Crippen LogP contribution in [0.4, 0.5) is 5.69 Å². The highest BCUT2D eigenvalue weighted by Crippen LogP contribution is 2.22. The zero-order chi connectivity index (χ0) is 14.4. The van der Waals surface area contributed by atoms with E-state index in [-0.39, 0.29) is 11.8 Å². The summed E-state index contributed by atoms with van der Waals surface area (Å²) < 4.78 is 0. The molecule has 1 heterocycles. The second-order valence-corrected chi connectivity index (χ2v) is 4.95. The Hall–Kier alpha value is -1.88. The minimum absolute atomic E-state index is 0.0296. The molecule has 1 aliphatic heterocycles. The molecule has 0 unspecified atom stereocenters. The van der Waals surface area contributed by atoms with Crippen LogP contribution in [0.15, 0.2) is 24.3 Å². The van der Waals surface area contributed by atoms with Gasteiger partial charge in [-0.25, -0.2) is 0 Å². The maximum Gasteiger partial charge on any atom is 0.227 e. The number of benzene rings is 1. The quantitative estimate of drug-likeness (QED) is 0.815. The largest absolute Gasteiger partial charge is 0.352 e. The van der Waals surface area contributed by atoms with E-state index in [0.29, 0.717) is 25.9 Å². The normalized spacial score (nSPS) is 14.7. The van der Waals surface area contributed by atoms with Gasteiger partial charge < -0.3 is 15.5 Å². The van der Waals surface area contributed by atoms with E-state index >= 15 is 0 Å². The number of hydrogen-bond donors (Lipinski definition) is 2. The van der Waals surface area contributed by atoms with E-state index in [0.717, 1.165) is 24.2 Å². The molecule has 2 rings (SSSR count). The lowest BCUT2D eigenvalue weighted by Crippen LogP contribution is -2.26. The number of carbonyl (C=O) groups is 2. The van der Waals surface area contributed by atoms with Crippen molar-refractivity contribution in [3.05, 3.63) is 29.8 Å². The predicted molar refractivity (Wildman–Crippen MR) is 78.4 cm³/mol. The van der Waals surface area contributed by atoms with Crippen LogP contribution in [0.5, 0.6) is 0 Å². The van der Waals surface area contributed by atoms with Crippen molar-refractivity contribution in [3.63, 3.8) is 0 Å². The van der Waals surface area contributed by atoms with Crippen LogP contribution in [-0.2, 0) is 16.1 Å². The Morgan fingerprint density at radius 2 is 2.25 bits per heavy atom. The van der Waals surface area contributed by atoms with Crippen LogP contribution >= 0.6 is 0 Å². The molecular formula is C15H21N3O2. The van der Waals surface area contributed by atoms with Gasteiger partial charge in [-0.2, -0.15) is 0 Å². The Balaban J connectivity index is 1.92. The third-order valence-corrected chi connectivity index (χ3v) is 3.39. The van der Waals surface area contributed by atoms with Crippen LogP contribution in [0.2, 0.25) is 0 Å². The molecule has 1 fully saturated rings. The third kappa shape index (κ3) is 3.81. The molecule has 20 heavy (non-hydrogen) atoms. The lowest BCUT2D eigenvalue weighted by molar-refractivity contribution is -0.121. The van der Waals surface area contributed by atoms with Crippen LogP contribution in [0.25, 0.3) is 0 Å². The second-order valence-electron chi connectivity index (χ2n) is 4.95. The minimum Gasteiger partial charge on any atom is -0.352 e. The van der Waals surface area contributed by atoms with Gasteiger partial charge >= 0.3 is 0 Å². The van der Waals surface area contributed by atoms with Gasteiger partial charge in [0.05, 0.1) is 0 Å². The zero-order valence-corrected chi connectivity index (χ0v) is 11.8. The van der Waals surface area contributed by atoms with E-state index in [1.54, 1.807) is 0 Å². The number of hydrogen-bond acceptors (Lipinski definition) is 3. The number of carbonyl (C=O) groups excluding carboxylic acids is 2. The molecule has 0 aromatic heterocycles. The molecule has 0 aliphatic carbocycles. The first-order valence-corrected chi connectivity index (χ1v) is 7.01. The molecule has 1 aliphatic rings. The molecule has 0 saturated carbocycles. The topological polar surface area (TPSA) is 61.4 Å². The summed E-state index contributed by atoms with van der Waals surface area (Å²) in [4.78, 5) is 25.1. The van der Waals surface area contributed by atoms with Gasteiger partial charge in [0.15, 0.2) is 0 Å². The van der Waals surface area contributed by atoms with Crippen molar-refractivity contribution < 1.29 is 9.59 Å². The summed E-state index contributed by atoms with van der Waals surface area (Å²) in [7, 11) is 1.82.